The Morgan fingerprint density at radius 3 is 2.67 bits per heavy atom. The van der Waals surface area contributed by atoms with Crippen molar-refractivity contribution in [3.63, 3.8) is 0 Å². The summed E-state index contributed by atoms with van der Waals surface area (Å²) >= 11 is 3.41. The molecule has 1 aromatic heterocycles. The van der Waals surface area contributed by atoms with Gasteiger partial charge in [0.1, 0.15) is 16.7 Å². The van der Waals surface area contributed by atoms with Crippen molar-refractivity contribution in [1.82, 2.24) is 0 Å². The first-order chi connectivity index (χ1) is 10.1. The average Bonchev–Trinajstić information content (AvgIpc) is 2.88. The molecule has 0 amide bonds. The molecule has 0 N–H and O–H groups in total. The minimum absolute atomic E-state index is 0.358. The maximum atomic E-state index is 12.2. The van der Waals surface area contributed by atoms with Gasteiger partial charge in [-0.15, -0.1) is 0 Å². The Labute approximate surface area is 131 Å². The lowest BCUT2D eigenvalue weighted by Gasteiger charge is -2.02. The van der Waals surface area contributed by atoms with E-state index in [1.165, 1.54) is 12.7 Å². The van der Waals surface area contributed by atoms with Crippen LogP contribution in [0.15, 0.2) is 33.2 Å². The number of hydrogen-bond donors (Lipinski definition) is 0. The Morgan fingerprint density at radius 1 is 1.29 bits per heavy atom. The van der Waals surface area contributed by atoms with Gasteiger partial charge in [0, 0.05) is 15.3 Å². The molecule has 0 unspecified atom stereocenters. The average molecular weight is 347 g/mol. The number of ether oxygens (including phenoxy) is 1. The summed E-state index contributed by atoms with van der Waals surface area (Å²) in [5.41, 5.74) is 3.36. The van der Waals surface area contributed by atoms with Gasteiger partial charge >= 0.3 is 5.97 Å². The Hall–Kier alpha value is -1.81. The summed E-state index contributed by atoms with van der Waals surface area (Å²) in [7, 11) is 1.40. The van der Waals surface area contributed by atoms with Gasteiger partial charge in [-0.3, -0.25) is 0 Å². The van der Waals surface area contributed by atoms with Crippen molar-refractivity contribution >= 4 is 33.5 Å². The van der Waals surface area contributed by atoms with Gasteiger partial charge in [-0.25, -0.2) is 4.79 Å². The number of esters is 1. The number of hydrogen-bond acceptors (Lipinski definition) is 3. The topological polar surface area (TPSA) is 39.4 Å². The fourth-order valence-electron chi connectivity index (χ4n) is 2.61. The number of furan rings is 1. The third kappa shape index (κ3) is 2.44. The summed E-state index contributed by atoms with van der Waals surface area (Å²) in [6.45, 7) is 2.04. The maximum absolute atomic E-state index is 12.2. The smallest absolute Gasteiger partial charge is 0.342 e. The van der Waals surface area contributed by atoms with E-state index >= 15 is 0 Å². The van der Waals surface area contributed by atoms with Crippen LogP contribution in [0.5, 0.6) is 0 Å². The highest BCUT2D eigenvalue weighted by atomic mass is 79.9. The Balaban J connectivity index is 2.33. The zero-order valence-corrected chi connectivity index (χ0v) is 13.5. The number of benzene rings is 1. The van der Waals surface area contributed by atoms with Crippen molar-refractivity contribution in [3.8, 4) is 11.3 Å². The van der Waals surface area contributed by atoms with E-state index in [0.717, 1.165) is 33.5 Å². The highest BCUT2D eigenvalue weighted by Crippen LogP contribution is 2.25. The zero-order chi connectivity index (χ0) is 15.0. The summed E-state index contributed by atoms with van der Waals surface area (Å²) in [6.07, 6.45) is 3.93. The number of fused-ring (bicyclic) bond motifs is 1. The van der Waals surface area contributed by atoms with Gasteiger partial charge in [-0.2, -0.15) is 0 Å². The van der Waals surface area contributed by atoms with E-state index in [9.17, 15) is 4.79 Å². The van der Waals surface area contributed by atoms with Gasteiger partial charge in [-0.1, -0.05) is 34.1 Å². The molecule has 108 valence electrons. The van der Waals surface area contributed by atoms with E-state index in [-0.39, 0.29) is 5.97 Å². The third-order valence-corrected chi connectivity index (χ3v) is 4.23. The molecule has 21 heavy (non-hydrogen) atoms. The molecule has 3 rings (SSSR count). The molecule has 0 aliphatic heterocycles. The van der Waals surface area contributed by atoms with E-state index in [1.807, 2.05) is 31.2 Å². The second kappa shape index (κ2) is 5.53. The molecule has 0 atom stereocenters. The molecule has 0 fully saturated rings. The molecule has 1 heterocycles. The lowest BCUT2D eigenvalue weighted by molar-refractivity contribution is 0.0600. The van der Waals surface area contributed by atoms with Crippen molar-refractivity contribution in [1.29, 1.82) is 0 Å². The number of halogens is 1. The molecule has 1 aliphatic rings. The standard InChI is InChI=1S/C17H15BrO3/c1-10-4-3-5-13-14(17(19)20-2)16(21-15(10)13)11-6-8-12(18)9-7-11/h5-9H,3-4H2,1-2H3. The number of rotatable bonds is 2. The van der Waals surface area contributed by atoms with Crippen LogP contribution in [0, 0.1) is 0 Å². The quantitative estimate of drug-likeness (QED) is 0.783. The second-order valence-electron chi connectivity index (χ2n) is 5.07. The zero-order valence-electron chi connectivity index (χ0n) is 11.9. The molecule has 0 saturated carbocycles. The predicted octanol–water partition coefficient (Wildman–Crippen LogP) is 3.24. The highest BCUT2D eigenvalue weighted by Gasteiger charge is 2.22. The first-order valence-electron chi connectivity index (χ1n) is 6.79. The Kier molecular flexibility index (Phi) is 3.72. The monoisotopic (exact) mass is 346 g/mol. The van der Waals surface area contributed by atoms with Crippen molar-refractivity contribution in [3.05, 3.63) is 44.9 Å². The lowest BCUT2D eigenvalue weighted by atomic mass is 10.0. The summed E-state index contributed by atoms with van der Waals surface area (Å²) in [5, 5.41) is 0.864. The second-order valence-corrected chi connectivity index (χ2v) is 5.99. The lowest BCUT2D eigenvalue weighted by Crippen LogP contribution is -2.29. The molecule has 0 saturated heterocycles. The van der Waals surface area contributed by atoms with E-state index < -0.39 is 0 Å². The molecular weight excluding hydrogens is 332 g/mol. The summed E-state index contributed by atoms with van der Waals surface area (Å²) in [6, 6.07) is 7.71. The number of methoxy groups -OCH3 is 1. The van der Waals surface area contributed by atoms with Crippen LogP contribution in [-0.2, 0) is 4.74 Å². The van der Waals surface area contributed by atoms with Crippen molar-refractivity contribution < 1.29 is 13.9 Å². The third-order valence-electron chi connectivity index (χ3n) is 3.70. The summed E-state index contributed by atoms with van der Waals surface area (Å²) in [4.78, 5) is 12.2. The summed E-state index contributed by atoms with van der Waals surface area (Å²) in [5.74, 6) is 0.223. The van der Waals surface area contributed by atoms with E-state index in [4.69, 9.17) is 9.15 Å². The van der Waals surface area contributed by atoms with Crippen molar-refractivity contribution in [2.45, 2.75) is 19.8 Å². The van der Waals surface area contributed by atoms with Crippen molar-refractivity contribution in [2.75, 3.05) is 7.11 Å². The Morgan fingerprint density at radius 2 is 2.00 bits per heavy atom. The van der Waals surface area contributed by atoms with E-state index in [2.05, 4.69) is 22.0 Å². The van der Waals surface area contributed by atoms with Crippen LogP contribution in [0.4, 0.5) is 0 Å². The van der Waals surface area contributed by atoms with Gasteiger partial charge in [0.25, 0.3) is 0 Å². The molecule has 1 aliphatic carbocycles. The maximum Gasteiger partial charge on any atom is 0.342 e. The number of carbonyl (C=O) groups excluding carboxylic acids is 1. The normalized spacial score (nSPS) is 13.6. The first-order valence-corrected chi connectivity index (χ1v) is 7.58. The van der Waals surface area contributed by atoms with E-state index in [1.54, 1.807) is 0 Å². The van der Waals surface area contributed by atoms with Crippen LogP contribution in [0.1, 0.15) is 30.1 Å². The van der Waals surface area contributed by atoms with Gasteiger partial charge in [0.2, 0.25) is 0 Å². The van der Waals surface area contributed by atoms with Crippen LogP contribution in [-0.4, -0.2) is 13.1 Å². The largest absolute Gasteiger partial charge is 0.465 e. The van der Waals surface area contributed by atoms with Gasteiger partial charge in [0.05, 0.1) is 7.11 Å². The molecule has 2 aromatic rings. The van der Waals surface area contributed by atoms with Gasteiger partial charge in [0.15, 0.2) is 0 Å². The molecule has 0 bridgehead atoms. The van der Waals surface area contributed by atoms with Crippen LogP contribution < -0.4 is 10.6 Å². The fraction of sp³-hybridized carbons (Fsp3) is 0.235. The SMILES string of the molecule is COC(=O)c1c(-c2ccc(Br)cc2)oc2c1=CCCC=2C. The first kappa shape index (κ1) is 14.1. The predicted molar refractivity (Wildman–Crippen MR) is 85.2 cm³/mol. The van der Waals surface area contributed by atoms with Crippen LogP contribution in [0.2, 0.25) is 0 Å². The molecular formula is C17H15BrO3. The van der Waals surface area contributed by atoms with Crippen LogP contribution in [0.3, 0.4) is 0 Å². The summed E-state index contributed by atoms with van der Waals surface area (Å²) < 4.78 is 11.9. The van der Waals surface area contributed by atoms with Gasteiger partial charge < -0.3 is 9.15 Å². The molecule has 0 radical (unpaired) electrons. The van der Waals surface area contributed by atoms with Crippen LogP contribution in [0.25, 0.3) is 23.0 Å². The Bertz CT molecular complexity index is 813. The molecule has 4 heteroatoms. The minimum Gasteiger partial charge on any atom is -0.465 e. The highest BCUT2D eigenvalue weighted by molar-refractivity contribution is 9.10. The van der Waals surface area contributed by atoms with Gasteiger partial charge in [-0.05, 0) is 37.5 Å². The van der Waals surface area contributed by atoms with E-state index in [0.29, 0.717) is 11.3 Å². The van der Waals surface area contributed by atoms with Crippen LogP contribution >= 0.6 is 15.9 Å². The molecule has 1 aromatic carbocycles. The minimum atomic E-state index is -0.358. The molecule has 0 spiro atoms. The molecule has 3 nitrogen and oxygen atoms in total. The van der Waals surface area contributed by atoms with Crippen molar-refractivity contribution in [2.24, 2.45) is 0 Å². The fourth-order valence-corrected chi connectivity index (χ4v) is 2.88. The number of carbonyl (C=O) groups is 1.